The molecule has 0 amide bonds. The van der Waals surface area contributed by atoms with E-state index in [1.807, 2.05) is 0 Å². The molecule has 0 bridgehead atoms. The first-order chi connectivity index (χ1) is 9.59. The van der Waals surface area contributed by atoms with Crippen molar-refractivity contribution in [3.8, 4) is 0 Å². The Kier molecular flexibility index (Phi) is 8.52. The second kappa shape index (κ2) is 9.60. The molecular weight excluding hydrogens is 242 g/mol. The first kappa shape index (κ1) is 17.8. The Labute approximate surface area is 127 Å². The molecule has 0 radical (unpaired) electrons. The summed E-state index contributed by atoms with van der Waals surface area (Å²) in [6.07, 6.45) is 14.4. The molecule has 1 aliphatic rings. The molecule has 118 valence electrons. The van der Waals surface area contributed by atoms with Gasteiger partial charge in [0.1, 0.15) is 0 Å². The molecule has 2 unspecified atom stereocenters. The lowest BCUT2D eigenvalue weighted by Crippen LogP contribution is -2.36. The summed E-state index contributed by atoms with van der Waals surface area (Å²) >= 11 is 0. The molecule has 1 aliphatic carbocycles. The van der Waals surface area contributed by atoms with Crippen LogP contribution >= 0.6 is 0 Å². The third-order valence-corrected chi connectivity index (χ3v) is 4.99. The third-order valence-electron chi connectivity index (χ3n) is 4.99. The van der Waals surface area contributed by atoms with Gasteiger partial charge < -0.3 is 5.32 Å². The molecule has 1 rings (SSSR count). The van der Waals surface area contributed by atoms with Gasteiger partial charge in [0.05, 0.1) is 0 Å². The maximum atomic E-state index is 3.81. The standard InChI is InChI=1S/C19H37N/c1-5-7-8-9-10-11-17-15-19(3,4)13-12-18(17)16-20-14-6-2/h5,17-18,20H,1,6-16H2,2-4H3. The lowest BCUT2D eigenvalue weighted by Gasteiger charge is -2.41. The number of rotatable bonds is 10. The largest absolute Gasteiger partial charge is 0.316 e. The molecule has 1 nitrogen and oxygen atoms in total. The molecule has 1 fully saturated rings. The van der Waals surface area contributed by atoms with E-state index in [1.54, 1.807) is 0 Å². The van der Waals surface area contributed by atoms with Crippen molar-refractivity contribution in [1.29, 1.82) is 0 Å². The van der Waals surface area contributed by atoms with Crippen molar-refractivity contribution in [2.24, 2.45) is 17.3 Å². The van der Waals surface area contributed by atoms with E-state index in [9.17, 15) is 0 Å². The fourth-order valence-electron chi connectivity index (χ4n) is 3.73. The summed E-state index contributed by atoms with van der Waals surface area (Å²) in [5.41, 5.74) is 0.576. The van der Waals surface area contributed by atoms with E-state index in [1.165, 1.54) is 70.9 Å². The van der Waals surface area contributed by atoms with Crippen molar-refractivity contribution >= 4 is 0 Å². The molecule has 0 heterocycles. The van der Waals surface area contributed by atoms with E-state index in [2.05, 4.69) is 38.7 Å². The lowest BCUT2D eigenvalue weighted by atomic mass is 9.66. The van der Waals surface area contributed by atoms with Crippen molar-refractivity contribution in [3.63, 3.8) is 0 Å². The first-order valence-electron chi connectivity index (χ1n) is 8.90. The predicted molar refractivity (Wildman–Crippen MR) is 91.1 cm³/mol. The zero-order valence-electron chi connectivity index (χ0n) is 14.2. The molecule has 2 atom stereocenters. The highest BCUT2D eigenvalue weighted by Gasteiger charge is 2.33. The monoisotopic (exact) mass is 279 g/mol. The Balaban J connectivity index is 2.35. The first-order valence-corrected chi connectivity index (χ1v) is 8.90. The minimum Gasteiger partial charge on any atom is -0.316 e. The van der Waals surface area contributed by atoms with Gasteiger partial charge in [0.2, 0.25) is 0 Å². The van der Waals surface area contributed by atoms with Gasteiger partial charge in [0.15, 0.2) is 0 Å². The zero-order valence-corrected chi connectivity index (χ0v) is 14.2. The van der Waals surface area contributed by atoms with Crippen LogP contribution in [0, 0.1) is 17.3 Å². The molecular formula is C19H37N. The minimum absolute atomic E-state index is 0.576. The van der Waals surface area contributed by atoms with Gasteiger partial charge in [-0.15, -0.1) is 6.58 Å². The lowest BCUT2D eigenvalue weighted by molar-refractivity contribution is 0.108. The average molecular weight is 280 g/mol. The number of hydrogen-bond donors (Lipinski definition) is 1. The summed E-state index contributed by atoms with van der Waals surface area (Å²) < 4.78 is 0. The van der Waals surface area contributed by atoms with Gasteiger partial charge in [0, 0.05) is 0 Å². The molecule has 0 aliphatic heterocycles. The minimum atomic E-state index is 0.576. The third kappa shape index (κ3) is 6.92. The van der Waals surface area contributed by atoms with Gasteiger partial charge in [-0.1, -0.05) is 46.1 Å². The quantitative estimate of drug-likeness (QED) is 0.407. The molecule has 0 saturated heterocycles. The van der Waals surface area contributed by atoms with Crippen molar-refractivity contribution < 1.29 is 0 Å². The van der Waals surface area contributed by atoms with Crippen molar-refractivity contribution in [2.75, 3.05) is 13.1 Å². The van der Waals surface area contributed by atoms with E-state index in [0.29, 0.717) is 5.41 Å². The van der Waals surface area contributed by atoms with Crippen LogP contribution in [0.25, 0.3) is 0 Å². The van der Waals surface area contributed by atoms with Crippen LogP contribution in [0.4, 0.5) is 0 Å². The molecule has 0 aromatic carbocycles. The van der Waals surface area contributed by atoms with Crippen LogP contribution in [0.15, 0.2) is 12.7 Å². The fraction of sp³-hybridized carbons (Fsp3) is 0.895. The maximum absolute atomic E-state index is 3.81. The van der Waals surface area contributed by atoms with Gasteiger partial charge >= 0.3 is 0 Å². The van der Waals surface area contributed by atoms with Crippen molar-refractivity contribution in [2.45, 2.75) is 78.6 Å². The molecule has 20 heavy (non-hydrogen) atoms. The van der Waals surface area contributed by atoms with Crippen molar-refractivity contribution in [3.05, 3.63) is 12.7 Å². The van der Waals surface area contributed by atoms with E-state index < -0.39 is 0 Å². The summed E-state index contributed by atoms with van der Waals surface area (Å²) in [4.78, 5) is 0. The second-order valence-electron chi connectivity index (χ2n) is 7.56. The molecule has 1 saturated carbocycles. The van der Waals surface area contributed by atoms with Gasteiger partial charge in [-0.25, -0.2) is 0 Å². The predicted octanol–water partition coefficient (Wildman–Crippen LogP) is 5.57. The van der Waals surface area contributed by atoms with Crippen LogP contribution in [0.1, 0.15) is 78.6 Å². The van der Waals surface area contributed by atoms with E-state index in [0.717, 1.165) is 11.8 Å². The fourth-order valence-corrected chi connectivity index (χ4v) is 3.73. The van der Waals surface area contributed by atoms with Gasteiger partial charge in [-0.3, -0.25) is 0 Å². The maximum Gasteiger partial charge on any atom is -0.00179 e. The van der Waals surface area contributed by atoms with Crippen LogP contribution in [0.5, 0.6) is 0 Å². The second-order valence-corrected chi connectivity index (χ2v) is 7.56. The Morgan fingerprint density at radius 2 is 2.00 bits per heavy atom. The number of hydrogen-bond acceptors (Lipinski definition) is 1. The Bertz CT molecular complexity index is 256. The molecule has 1 N–H and O–H groups in total. The van der Waals surface area contributed by atoms with Crippen molar-refractivity contribution in [1.82, 2.24) is 5.32 Å². The van der Waals surface area contributed by atoms with E-state index >= 15 is 0 Å². The summed E-state index contributed by atoms with van der Waals surface area (Å²) in [5.74, 6) is 1.88. The topological polar surface area (TPSA) is 12.0 Å². The Morgan fingerprint density at radius 3 is 2.70 bits per heavy atom. The van der Waals surface area contributed by atoms with Crippen LogP contribution in [-0.4, -0.2) is 13.1 Å². The smallest absolute Gasteiger partial charge is 0.00179 e. The highest BCUT2D eigenvalue weighted by atomic mass is 14.9. The van der Waals surface area contributed by atoms with E-state index in [4.69, 9.17) is 0 Å². The number of unbranched alkanes of at least 4 members (excludes halogenated alkanes) is 3. The highest BCUT2D eigenvalue weighted by molar-refractivity contribution is 4.86. The van der Waals surface area contributed by atoms with Crippen LogP contribution in [0.3, 0.4) is 0 Å². The SMILES string of the molecule is C=CCCCCCC1CC(C)(C)CCC1CNCCC. The number of allylic oxidation sites excluding steroid dienone is 1. The normalized spacial score (nSPS) is 25.6. The van der Waals surface area contributed by atoms with Gasteiger partial charge in [-0.05, 0) is 68.9 Å². The van der Waals surface area contributed by atoms with E-state index in [-0.39, 0.29) is 0 Å². The molecule has 0 aromatic heterocycles. The summed E-state index contributed by atoms with van der Waals surface area (Å²) in [5, 5.41) is 3.66. The van der Waals surface area contributed by atoms with Crippen LogP contribution < -0.4 is 5.32 Å². The van der Waals surface area contributed by atoms with Gasteiger partial charge in [0.25, 0.3) is 0 Å². The zero-order chi connectivity index (χ0) is 14.8. The average Bonchev–Trinajstić information content (AvgIpc) is 2.40. The summed E-state index contributed by atoms with van der Waals surface area (Å²) in [6, 6.07) is 0. The molecule has 0 spiro atoms. The molecule has 1 heteroatoms. The summed E-state index contributed by atoms with van der Waals surface area (Å²) in [7, 11) is 0. The molecule has 0 aromatic rings. The van der Waals surface area contributed by atoms with Crippen LogP contribution in [-0.2, 0) is 0 Å². The van der Waals surface area contributed by atoms with Gasteiger partial charge in [-0.2, -0.15) is 0 Å². The Morgan fingerprint density at radius 1 is 1.20 bits per heavy atom. The Hall–Kier alpha value is -0.300. The van der Waals surface area contributed by atoms with Crippen LogP contribution in [0.2, 0.25) is 0 Å². The summed E-state index contributed by atoms with van der Waals surface area (Å²) in [6.45, 7) is 13.4. The highest BCUT2D eigenvalue weighted by Crippen LogP contribution is 2.43. The number of nitrogens with one attached hydrogen (secondary N) is 1.